The molecule has 152 valence electrons. The quantitative estimate of drug-likeness (QED) is 0.440. The van der Waals surface area contributed by atoms with Gasteiger partial charge in [-0.15, -0.1) is 5.10 Å². The molecule has 2 aromatic heterocycles. The highest BCUT2D eigenvalue weighted by Crippen LogP contribution is 2.31. The van der Waals surface area contributed by atoms with E-state index in [0.717, 1.165) is 16.6 Å². The molecule has 0 unspecified atom stereocenters. The molecule has 5 rings (SSSR count). The molecular formula is C23H17N5O3. The smallest absolute Gasteiger partial charge is 0.322 e. The van der Waals surface area contributed by atoms with Crippen molar-refractivity contribution in [3.8, 4) is 28.6 Å². The molecule has 0 bridgehead atoms. The standard InChI is InChI=1S/C23H17N5O3/c1-30-15-12-10-14(11-13-15)21(29)26-23-28-27-22(31-23)17-7-3-2-6-16(17)20-24-18-8-4-5-9-19(18)25-20/h2-13H,1H3,(H,24,25)(H,26,28,29). The fourth-order valence-corrected chi connectivity index (χ4v) is 3.25. The zero-order chi connectivity index (χ0) is 21.2. The normalized spacial score (nSPS) is 10.9. The van der Waals surface area contributed by atoms with E-state index in [1.807, 2.05) is 48.5 Å². The number of H-pyrrole nitrogens is 1. The van der Waals surface area contributed by atoms with Crippen molar-refractivity contribution in [2.24, 2.45) is 0 Å². The van der Waals surface area contributed by atoms with Crippen LogP contribution in [-0.2, 0) is 0 Å². The number of anilines is 1. The SMILES string of the molecule is COc1ccc(C(=O)Nc2nnc(-c3ccccc3-c3nc4ccccc4[nH]3)o2)cc1. The molecule has 0 spiro atoms. The summed E-state index contributed by atoms with van der Waals surface area (Å²) in [5.74, 6) is 1.28. The highest BCUT2D eigenvalue weighted by molar-refractivity contribution is 6.03. The van der Waals surface area contributed by atoms with Crippen LogP contribution >= 0.6 is 0 Å². The Kier molecular flexibility index (Phi) is 4.64. The molecule has 0 saturated heterocycles. The van der Waals surface area contributed by atoms with Gasteiger partial charge in [0.05, 0.1) is 18.1 Å². The maximum Gasteiger partial charge on any atom is 0.322 e. The molecule has 2 heterocycles. The van der Waals surface area contributed by atoms with Crippen molar-refractivity contribution in [2.45, 2.75) is 0 Å². The largest absolute Gasteiger partial charge is 0.497 e. The third-order valence-corrected chi connectivity index (χ3v) is 4.80. The molecule has 8 heteroatoms. The summed E-state index contributed by atoms with van der Waals surface area (Å²) in [6.45, 7) is 0. The first kappa shape index (κ1) is 18.6. The number of benzene rings is 3. The van der Waals surface area contributed by atoms with Gasteiger partial charge < -0.3 is 14.1 Å². The number of aromatic amines is 1. The van der Waals surface area contributed by atoms with Crippen molar-refractivity contribution in [3.63, 3.8) is 0 Å². The molecule has 3 aromatic carbocycles. The van der Waals surface area contributed by atoms with Crippen LogP contribution in [0.15, 0.2) is 77.2 Å². The van der Waals surface area contributed by atoms with Crippen molar-refractivity contribution in [2.75, 3.05) is 12.4 Å². The Balaban J connectivity index is 1.42. The number of methoxy groups -OCH3 is 1. The van der Waals surface area contributed by atoms with Crippen LogP contribution in [0, 0.1) is 0 Å². The third-order valence-electron chi connectivity index (χ3n) is 4.80. The number of aromatic nitrogens is 4. The van der Waals surface area contributed by atoms with E-state index in [0.29, 0.717) is 22.7 Å². The Morgan fingerprint density at radius 3 is 2.45 bits per heavy atom. The lowest BCUT2D eigenvalue weighted by atomic mass is 10.1. The van der Waals surface area contributed by atoms with Crippen molar-refractivity contribution >= 4 is 23.0 Å². The summed E-state index contributed by atoms with van der Waals surface area (Å²) in [7, 11) is 1.57. The molecule has 0 atom stereocenters. The number of rotatable bonds is 5. The first-order valence-electron chi connectivity index (χ1n) is 9.55. The first-order chi connectivity index (χ1) is 15.2. The molecule has 1 amide bonds. The minimum atomic E-state index is -0.358. The molecule has 0 aliphatic heterocycles. The van der Waals surface area contributed by atoms with Crippen LogP contribution < -0.4 is 10.1 Å². The number of para-hydroxylation sites is 2. The lowest BCUT2D eigenvalue weighted by Crippen LogP contribution is -2.11. The van der Waals surface area contributed by atoms with Crippen molar-refractivity contribution in [1.29, 1.82) is 0 Å². The molecule has 31 heavy (non-hydrogen) atoms. The molecule has 0 aliphatic carbocycles. The molecule has 0 fully saturated rings. The van der Waals surface area contributed by atoms with E-state index in [2.05, 4.69) is 25.5 Å². The van der Waals surface area contributed by atoms with Crippen molar-refractivity contribution < 1.29 is 13.9 Å². The summed E-state index contributed by atoms with van der Waals surface area (Å²) in [5.41, 5.74) is 3.77. The molecular weight excluding hydrogens is 394 g/mol. The van der Waals surface area contributed by atoms with Crippen molar-refractivity contribution in [1.82, 2.24) is 20.2 Å². The van der Waals surface area contributed by atoms with Gasteiger partial charge in [0.15, 0.2) is 0 Å². The number of hydrogen-bond acceptors (Lipinski definition) is 6. The highest BCUT2D eigenvalue weighted by atomic mass is 16.5. The monoisotopic (exact) mass is 411 g/mol. The zero-order valence-electron chi connectivity index (χ0n) is 16.5. The molecule has 2 N–H and O–H groups in total. The Morgan fingerprint density at radius 2 is 1.68 bits per heavy atom. The molecule has 0 aliphatic rings. The molecule has 8 nitrogen and oxygen atoms in total. The minimum Gasteiger partial charge on any atom is -0.497 e. The van der Waals surface area contributed by atoms with Gasteiger partial charge in [0.1, 0.15) is 11.6 Å². The number of fused-ring (bicyclic) bond motifs is 1. The van der Waals surface area contributed by atoms with Crippen LogP contribution in [-0.4, -0.2) is 33.2 Å². The third kappa shape index (κ3) is 3.62. The van der Waals surface area contributed by atoms with E-state index in [4.69, 9.17) is 9.15 Å². The first-order valence-corrected chi connectivity index (χ1v) is 9.55. The van der Waals surface area contributed by atoms with Crippen LogP contribution in [0.25, 0.3) is 33.9 Å². The van der Waals surface area contributed by atoms with Gasteiger partial charge >= 0.3 is 6.01 Å². The van der Waals surface area contributed by atoms with Gasteiger partial charge in [0, 0.05) is 16.7 Å². The molecule has 0 radical (unpaired) electrons. The average molecular weight is 411 g/mol. The second-order valence-corrected chi connectivity index (χ2v) is 6.74. The van der Waals surface area contributed by atoms with E-state index >= 15 is 0 Å². The predicted molar refractivity (Wildman–Crippen MR) is 116 cm³/mol. The van der Waals surface area contributed by atoms with Crippen LogP contribution in [0.1, 0.15) is 10.4 Å². The molecule has 5 aromatic rings. The number of nitrogens with one attached hydrogen (secondary N) is 2. The Bertz CT molecular complexity index is 1340. The number of amides is 1. The summed E-state index contributed by atoms with van der Waals surface area (Å²) in [5, 5.41) is 10.7. The number of carbonyl (C=O) groups excluding carboxylic acids is 1. The van der Waals surface area contributed by atoms with Gasteiger partial charge in [-0.1, -0.05) is 35.4 Å². The Hall–Kier alpha value is -4.46. The van der Waals surface area contributed by atoms with Gasteiger partial charge in [-0.2, -0.15) is 0 Å². The fraction of sp³-hybridized carbons (Fsp3) is 0.0435. The molecule has 0 saturated carbocycles. The summed E-state index contributed by atoms with van der Waals surface area (Å²) < 4.78 is 10.8. The topological polar surface area (TPSA) is 106 Å². The van der Waals surface area contributed by atoms with Crippen LogP contribution in [0.2, 0.25) is 0 Å². The van der Waals surface area contributed by atoms with E-state index in [9.17, 15) is 4.79 Å². The lowest BCUT2D eigenvalue weighted by molar-refractivity contribution is 0.102. The minimum absolute atomic E-state index is 0.00947. The van der Waals surface area contributed by atoms with Gasteiger partial charge in [0.2, 0.25) is 0 Å². The number of nitrogens with zero attached hydrogens (tertiary/aromatic N) is 3. The van der Waals surface area contributed by atoms with Gasteiger partial charge in [-0.05, 0) is 42.5 Å². The van der Waals surface area contributed by atoms with Crippen LogP contribution in [0.3, 0.4) is 0 Å². The van der Waals surface area contributed by atoms with E-state index in [1.54, 1.807) is 31.4 Å². The fourth-order valence-electron chi connectivity index (χ4n) is 3.25. The predicted octanol–water partition coefficient (Wildman–Crippen LogP) is 4.54. The summed E-state index contributed by atoms with van der Waals surface area (Å²) in [6.07, 6.45) is 0. The second kappa shape index (κ2) is 7.75. The van der Waals surface area contributed by atoms with Gasteiger partial charge in [-0.3, -0.25) is 10.1 Å². The maximum absolute atomic E-state index is 12.5. The maximum atomic E-state index is 12.5. The average Bonchev–Trinajstić information content (AvgIpc) is 3.46. The number of ether oxygens (including phenoxy) is 1. The number of hydrogen-bond donors (Lipinski definition) is 2. The van der Waals surface area contributed by atoms with Gasteiger partial charge in [-0.25, -0.2) is 4.98 Å². The Morgan fingerprint density at radius 1 is 0.935 bits per heavy atom. The number of imidazole rings is 1. The lowest BCUT2D eigenvalue weighted by Gasteiger charge is -2.03. The summed E-state index contributed by atoms with van der Waals surface area (Å²) in [4.78, 5) is 20.4. The second-order valence-electron chi connectivity index (χ2n) is 6.74. The summed E-state index contributed by atoms with van der Waals surface area (Å²) in [6, 6.07) is 22.1. The van der Waals surface area contributed by atoms with E-state index in [1.165, 1.54) is 0 Å². The van der Waals surface area contributed by atoms with Crippen molar-refractivity contribution in [3.05, 3.63) is 78.4 Å². The Labute approximate surface area is 176 Å². The van der Waals surface area contributed by atoms with E-state index < -0.39 is 0 Å². The highest BCUT2D eigenvalue weighted by Gasteiger charge is 2.17. The van der Waals surface area contributed by atoms with Gasteiger partial charge in [0.25, 0.3) is 11.8 Å². The summed E-state index contributed by atoms with van der Waals surface area (Å²) >= 11 is 0. The van der Waals surface area contributed by atoms with E-state index in [-0.39, 0.29) is 17.8 Å². The zero-order valence-corrected chi connectivity index (χ0v) is 16.5. The van der Waals surface area contributed by atoms with Crippen LogP contribution in [0.4, 0.5) is 6.01 Å². The van der Waals surface area contributed by atoms with Crippen LogP contribution in [0.5, 0.6) is 5.75 Å². The number of carbonyl (C=O) groups is 1.